The summed E-state index contributed by atoms with van der Waals surface area (Å²) in [5.74, 6) is 0. The third kappa shape index (κ3) is 4.86. The summed E-state index contributed by atoms with van der Waals surface area (Å²) in [6, 6.07) is 58.2. The maximum Gasteiger partial charge on any atom is 0.0468 e. The van der Waals surface area contributed by atoms with E-state index in [1.807, 2.05) is 0 Å². The minimum absolute atomic E-state index is 0.0767. The summed E-state index contributed by atoms with van der Waals surface area (Å²) in [7, 11) is 0. The third-order valence-corrected chi connectivity index (χ3v) is 10.4. The molecule has 0 spiro atoms. The highest BCUT2D eigenvalue weighted by molar-refractivity contribution is 5.96. The third-order valence-electron chi connectivity index (χ3n) is 10.4. The van der Waals surface area contributed by atoms with Crippen LogP contribution in [0.3, 0.4) is 0 Å². The van der Waals surface area contributed by atoms with Gasteiger partial charge in [-0.15, -0.1) is 0 Å². The lowest BCUT2D eigenvalue weighted by Gasteiger charge is -2.30. The lowest BCUT2D eigenvalue weighted by atomic mass is 9.73. The first-order valence-corrected chi connectivity index (χ1v) is 16.9. The van der Waals surface area contributed by atoms with E-state index in [0.717, 1.165) is 29.9 Å². The van der Waals surface area contributed by atoms with Gasteiger partial charge in [-0.25, -0.2) is 0 Å². The van der Waals surface area contributed by atoms with E-state index in [1.54, 1.807) is 0 Å². The van der Waals surface area contributed by atoms with E-state index >= 15 is 0 Å². The molecule has 7 aromatic rings. The van der Waals surface area contributed by atoms with Gasteiger partial charge in [0.15, 0.2) is 0 Å². The van der Waals surface area contributed by atoms with Crippen molar-refractivity contribution in [1.82, 2.24) is 0 Å². The Morgan fingerprint density at radius 3 is 1.74 bits per heavy atom. The first-order chi connectivity index (χ1) is 23.1. The zero-order valence-electron chi connectivity index (χ0n) is 27.4. The van der Waals surface area contributed by atoms with Crippen LogP contribution in [0.1, 0.15) is 43.4 Å². The van der Waals surface area contributed by atoms with E-state index < -0.39 is 0 Å². The lowest BCUT2D eigenvalue weighted by Crippen LogP contribution is -2.22. The van der Waals surface area contributed by atoms with Crippen molar-refractivity contribution in [1.29, 1.82) is 0 Å². The maximum atomic E-state index is 2.47. The number of rotatable bonds is 7. The van der Waals surface area contributed by atoms with Crippen LogP contribution < -0.4 is 4.90 Å². The van der Waals surface area contributed by atoms with Crippen LogP contribution >= 0.6 is 0 Å². The van der Waals surface area contributed by atoms with Crippen molar-refractivity contribution in [3.05, 3.63) is 174 Å². The lowest BCUT2D eigenvalue weighted by molar-refractivity contribution is 0.491. The molecular weight excluding hydrogens is 567 g/mol. The molecular formula is C46H39N. The van der Waals surface area contributed by atoms with E-state index in [4.69, 9.17) is 0 Å². The first kappa shape index (κ1) is 29.0. The minimum atomic E-state index is 0.0767. The number of benzene rings is 7. The second kappa shape index (κ2) is 11.8. The van der Waals surface area contributed by atoms with E-state index in [0.29, 0.717) is 0 Å². The minimum Gasteiger partial charge on any atom is -0.310 e. The normalized spacial score (nSPS) is 12.9. The SMILES string of the molecule is CCC1(CC)c2ccccc2-c2cc3cc(N(c4ccc(-c5ccccc5-c5ccccc5)cc4)c4cccc(C)c4)ccc3cc21. The summed E-state index contributed by atoms with van der Waals surface area (Å²) in [4.78, 5) is 2.39. The van der Waals surface area contributed by atoms with Gasteiger partial charge in [0, 0.05) is 22.5 Å². The number of anilines is 3. The number of fused-ring (bicyclic) bond motifs is 4. The van der Waals surface area contributed by atoms with Crippen molar-refractivity contribution in [3.63, 3.8) is 0 Å². The molecule has 0 heterocycles. The molecule has 0 aromatic heterocycles. The van der Waals surface area contributed by atoms with Gasteiger partial charge < -0.3 is 4.90 Å². The van der Waals surface area contributed by atoms with Crippen LogP contribution in [-0.4, -0.2) is 0 Å². The second-order valence-electron chi connectivity index (χ2n) is 12.9. The van der Waals surface area contributed by atoms with Crippen molar-refractivity contribution >= 4 is 27.8 Å². The van der Waals surface area contributed by atoms with Gasteiger partial charge in [-0.3, -0.25) is 0 Å². The summed E-state index contributed by atoms with van der Waals surface area (Å²) < 4.78 is 0. The van der Waals surface area contributed by atoms with Gasteiger partial charge in [-0.05, 0) is 129 Å². The highest BCUT2D eigenvalue weighted by Crippen LogP contribution is 2.53. The van der Waals surface area contributed by atoms with Crippen LogP contribution in [0.5, 0.6) is 0 Å². The molecule has 1 heteroatoms. The number of nitrogens with zero attached hydrogens (tertiary/aromatic N) is 1. The van der Waals surface area contributed by atoms with Gasteiger partial charge in [-0.1, -0.05) is 123 Å². The Hall–Kier alpha value is -5.40. The molecule has 0 radical (unpaired) electrons. The summed E-state index contributed by atoms with van der Waals surface area (Å²) >= 11 is 0. The van der Waals surface area contributed by atoms with Crippen molar-refractivity contribution in [3.8, 4) is 33.4 Å². The fourth-order valence-corrected chi connectivity index (χ4v) is 7.94. The van der Waals surface area contributed by atoms with Gasteiger partial charge in [0.05, 0.1) is 0 Å². The Kier molecular flexibility index (Phi) is 7.26. The highest BCUT2D eigenvalue weighted by Gasteiger charge is 2.40. The molecule has 0 atom stereocenters. The Bertz CT molecular complexity index is 2220. The fourth-order valence-electron chi connectivity index (χ4n) is 7.94. The summed E-state index contributed by atoms with van der Waals surface area (Å²) in [6.07, 6.45) is 2.20. The molecule has 1 aliphatic carbocycles. The predicted octanol–water partition coefficient (Wildman–Crippen LogP) is 13.0. The summed E-state index contributed by atoms with van der Waals surface area (Å²) in [5.41, 5.74) is 15.4. The van der Waals surface area contributed by atoms with E-state index in [1.165, 1.54) is 60.8 Å². The molecule has 0 fully saturated rings. The molecule has 0 unspecified atom stereocenters. The summed E-state index contributed by atoms with van der Waals surface area (Å²) in [5, 5.41) is 2.56. The van der Waals surface area contributed by atoms with Crippen LogP contribution in [0.15, 0.2) is 158 Å². The molecule has 0 aliphatic heterocycles. The molecule has 1 aliphatic rings. The number of hydrogen-bond donors (Lipinski definition) is 0. The molecule has 0 N–H and O–H groups in total. The molecule has 0 saturated heterocycles. The molecule has 228 valence electrons. The molecule has 0 amide bonds. The Morgan fingerprint density at radius 1 is 0.426 bits per heavy atom. The Balaban J connectivity index is 1.24. The zero-order chi connectivity index (χ0) is 32.0. The average Bonchev–Trinajstić information content (AvgIpc) is 3.40. The van der Waals surface area contributed by atoms with Crippen molar-refractivity contribution in [2.75, 3.05) is 4.90 Å². The standard InChI is InChI=1S/C46H39N/c1-4-46(5-2)44-21-12-11-20-42(44)43-30-36-29-39(27-24-35(36)31-45(43)46)47(38-17-13-14-32(3)28-38)37-25-22-34(23-26-37)41-19-10-9-18-40(41)33-15-7-6-8-16-33/h6-31H,4-5H2,1-3H3. The first-order valence-electron chi connectivity index (χ1n) is 16.9. The number of hydrogen-bond acceptors (Lipinski definition) is 1. The highest BCUT2D eigenvalue weighted by atomic mass is 15.1. The van der Waals surface area contributed by atoms with E-state index in [2.05, 4.69) is 183 Å². The molecule has 0 saturated carbocycles. The predicted molar refractivity (Wildman–Crippen MR) is 201 cm³/mol. The largest absolute Gasteiger partial charge is 0.310 e. The summed E-state index contributed by atoms with van der Waals surface area (Å²) in [6.45, 7) is 6.85. The van der Waals surface area contributed by atoms with Crippen LogP contribution in [0.25, 0.3) is 44.2 Å². The quantitative estimate of drug-likeness (QED) is 0.175. The van der Waals surface area contributed by atoms with Crippen LogP contribution in [0, 0.1) is 6.92 Å². The van der Waals surface area contributed by atoms with Crippen molar-refractivity contribution < 1.29 is 0 Å². The average molecular weight is 606 g/mol. The molecule has 8 rings (SSSR count). The molecule has 7 aromatic carbocycles. The van der Waals surface area contributed by atoms with Gasteiger partial charge in [-0.2, -0.15) is 0 Å². The molecule has 47 heavy (non-hydrogen) atoms. The van der Waals surface area contributed by atoms with E-state index in [-0.39, 0.29) is 5.41 Å². The topological polar surface area (TPSA) is 3.24 Å². The smallest absolute Gasteiger partial charge is 0.0468 e. The Morgan fingerprint density at radius 2 is 1.04 bits per heavy atom. The molecule has 0 bridgehead atoms. The fraction of sp³-hybridized carbons (Fsp3) is 0.130. The van der Waals surface area contributed by atoms with Crippen molar-refractivity contribution in [2.45, 2.75) is 39.0 Å². The maximum absolute atomic E-state index is 2.47. The number of aryl methyl sites for hydroxylation is 1. The second-order valence-corrected chi connectivity index (χ2v) is 12.9. The van der Waals surface area contributed by atoms with Crippen LogP contribution in [0.2, 0.25) is 0 Å². The van der Waals surface area contributed by atoms with E-state index in [9.17, 15) is 0 Å². The molecule has 1 nitrogen and oxygen atoms in total. The Labute approximate surface area is 278 Å². The zero-order valence-corrected chi connectivity index (χ0v) is 27.4. The van der Waals surface area contributed by atoms with Gasteiger partial charge in [0.1, 0.15) is 0 Å². The van der Waals surface area contributed by atoms with Crippen LogP contribution in [0.4, 0.5) is 17.1 Å². The van der Waals surface area contributed by atoms with Crippen molar-refractivity contribution in [2.24, 2.45) is 0 Å². The van der Waals surface area contributed by atoms with Gasteiger partial charge >= 0.3 is 0 Å². The van der Waals surface area contributed by atoms with Gasteiger partial charge in [0.25, 0.3) is 0 Å². The monoisotopic (exact) mass is 605 g/mol. The van der Waals surface area contributed by atoms with Crippen LogP contribution in [-0.2, 0) is 5.41 Å². The van der Waals surface area contributed by atoms with Gasteiger partial charge in [0.2, 0.25) is 0 Å².